The first-order valence-corrected chi connectivity index (χ1v) is 4.94. The van der Waals surface area contributed by atoms with Crippen molar-refractivity contribution in [3.05, 3.63) is 0 Å². The molecule has 0 radical (unpaired) electrons. The van der Waals surface area contributed by atoms with Gasteiger partial charge in [0.2, 0.25) is 5.91 Å². The number of ketones is 1. The number of piperidine rings is 1. The third kappa shape index (κ3) is 2.80. The molecule has 0 aromatic heterocycles. The summed E-state index contributed by atoms with van der Waals surface area (Å²) in [6.45, 7) is 3.48. The Morgan fingerprint density at radius 3 is 2.93 bits per heavy atom. The topological polar surface area (TPSA) is 46.6 Å². The SMILES string of the molecule is COCCC(=O)N1CCC(=O)C(C)C1. The first-order valence-electron chi connectivity index (χ1n) is 4.94. The van der Waals surface area contributed by atoms with Crippen molar-refractivity contribution in [2.75, 3.05) is 26.8 Å². The summed E-state index contributed by atoms with van der Waals surface area (Å²) in [7, 11) is 1.58. The van der Waals surface area contributed by atoms with Gasteiger partial charge in [0, 0.05) is 32.5 Å². The summed E-state index contributed by atoms with van der Waals surface area (Å²) in [5.74, 6) is 0.349. The Kier molecular flexibility index (Phi) is 4.07. The number of likely N-dealkylation sites (tertiary alicyclic amines) is 1. The molecule has 0 N–H and O–H groups in total. The fraction of sp³-hybridized carbons (Fsp3) is 0.800. The highest BCUT2D eigenvalue weighted by Gasteiger charge is 2.25. The molecule has 80 valence electrons. The van der Waals surface area contributed by atoms with E-state index in [1.165, 1.54) is 0 Å². The van der Waals surface area contributed by atoms with Crippen LogP contribution in [0.3, 0.4) is 0 Å². The first-order chi connectivity index (χ1) is 6.65. The van der Waals surface area contributed by atoms with Gasteiger partial charge < -0.3 is 9.64 Å². The smallest absolute Gasteiger partial charge is 0.224 e. The van der Waals surface area contributed by atoms with Crippen LogP contribution in [0.15, 0.2) is 0 Å². The van der Waals surface area contributed by atoms with Crippen LogP contribution in [0, 0.1) is 5.92 Å². The molecule has 1 heterocycles. The van der Waals surface area contributed by atoms with Crippen LogP contribution in [0.2, 0.25) is 0 Å². The number of Topliss-reactive ketones (excluding diaryl/α,β-unsaturated/α-hetero) is 1. The molecular weight excluding hydrogens is 182 g/mol. The zero-order valence-corrected chi connectivity index (χ0v) is 8.78. The maximum Gasteiger partial charge on any atom is 0.224 e. The molecule has 4 nitrogen and oxygen atoms in total. The number of hydrogen-bond acceptors (Lipinski definition) is 3. The summed E-state index contributed by atoms with van der Waals surface area (Å²) < 4.78 is 4.84. The number of carbonyl (C=O) groups excluding carboxylic acids is 2. The van der Waals surface area contributed by atoms with Crippen molar-refractivity contribution in [2.45, 2.75) is 19.8 Å². The van der Waals surface area contributed by atoms with E-state index in [0.29, 0.717) is 32.5 Å². The Hall–Kier alpha value is -0.900. The van der Waals surface area contributed by atoms with Crippen LogP contribution in [-0.4, -0.2) is 43.4 Å². The third-order valence-electron chi connectivity index (χ3n) is 2.54. The summed E-state index contributed by atoms with van der Waals surface area (Å²) in [6.07, 6.45) is 0.914. The van der Waals surface area contributed by atoms with E-state index < -0.39 is 0 Å². The van der Waals surface area contributed by atoms with Crippen LogP contribution in [-0.2, 0) is 14.3 Å². The normalized spacial score (nSPS) is 22.6. The zero-order chi connectivity index (χ0) is 10.6. The molecule has 0 spiro atoms. The van der Waals surface area contributed by atoms with E-state index >= 15 is 0 Å². The van der Waals surface area contributed by atoms with Crippen molar-refractivity contribution < 1.29 is 14.3 Å². The maximum absolute atomic E-state index is 11.5. The number of methoxy groups -OCH3 is 1. The highest BCUT2D eigenvalue weighted by molar-refractivity contribution is 5.85. The van der Waals surface area contributed by atoms with Gasteiger partial charge in [0.15, 0.2) is 0 Å². The number of nitrogens with zero attached hydrogens (tertiary/aromatic N) is 1. The van der Waals surface area contributed by atoms with Crippen molar-refractivity contribution in [1.82, 2.24) is 4.90 Å². The molecule has 1 saturated heterocycles. The second kappa shape index (κ2) is 5.10. The quantitative estimate of drug-likeness (QED) is 0.663. The monoisotopic (exact) mass is 199 g/mol. The largest absolute Gasteiger partial charge is 0.384 e. The lowest BCUT2D eigenvalue weighted by Crippen LogP contribution is -2.43. The lowest BCUT2D eigenvalue weighted by molar-refractivity contribution is -0.137. The number of carbonyl (C=O) groups is 2. The number of ether oxygens (including phenoxy) is 1. The van der Waals surface area contributed by atoms with Gasteiger partial charge in [-0.25, -0.2) is 0 Å². The molecule has 0 saturated carbocycles. The van der Waals surface area contributed by atoms with Crippen LogP contribution >= 0.6 is 0 Å². The fourth-order valence-corrected chi connectivity index (χ4v) is 1.59. The Morgan fingerprint density at radius 2 is 2.36 bits per heavy atom. The molecule has 0 aromatic rings. The molecule has 0 bridgehead atoms. The Labute approximate surface area is 84.2 Å². The van der Waals surface area contributed by atoms with Gasteiger partial charge in [0.1, 0.15) is 5.78 Å². The zero-order valence-electron chi connectivity index (χ0n) is 8.78. The molecule has 1 aliphatic rings. The Balaban J connectivity index is 2.38. The minimum absolute atomic E-state index is 0.00440. The summed E-state index contributed by atoms with van der Waals surface area (Å²) >= 11 is 0. The van der Waals surface area contributed by atoms with Crippen LogP contribution < -0.4 is 0 Å². The van der Waals surface area contributed by atoms with Crippen LogP contribution in [0.25, 0.3) is 0 Å². The molecule has 1 atom stereocenters. The van der Waals surface area contributed by atoms with Gasteiger partial charge in [-0.15, -0.1) is 0 Å². The maximum atomic E-state index is 11.5. The lowest BCUT2D eigenvalue weighted by atomic mass is 9.98. The van der Waals surface area contributed by atoms with Gasteiger partial charge >= 0.3 is 0 Å². The average molecular weight is 199 g/mol. The van der Waals surface area contributed by atoms with Gasteiger partial charge in [0.25, 0.3) is 0 Å². The van der Waals surface area contributed by atoms with Gasteiger partial charge in [-0.1, -0.05) is 6.92 Å². The standard InChI is InChI=1S/C10H17NO3/c1-8-7-11(5-3-9(8)12)10(13)4-6-14-2/h8H,3-7H2,1-2H3. The van der Waals surface area contributed by atoms with Crippen molar-refractivity contribution >= 4 is 11.7 Å². The summed E-state index contributed by atoms with van der Waals surface area (Å²) in [5, 5.41) is 0. The van der Waals surface area contributed by atoms with E-state index in [9.17, 15) is 9.59 Å². The first kappa shape index (κ1) is 11.2. The van der Waals surface area contributed by atoms with E-state index in [1.807, 2.05) is 6.92 Å². The van der Waals surface area contributed by atoms with E-state index in [1.54, 1.807) is 12.0 Å². The minimum Gasteiger partial charge on any atom is -0.384 e. The minimum atomic E-state index is -0.00440. The predicted octanol–water partition coefficient (Wildman–Crippen LogP) is 0.460. The third-order valence-corrected chi connectivity index (χ3v) is 2.54. The molecule has 1 aliphatic heterocycles. The van der Waals surface area contributed by atoms with Crippen LogP contribution in [0.1, 0.15) is 19.8 Å². The van der Waals surface area contributed by atoms with E-state index in [4.69, 9.17) is 4.74 Å². The van der Waals surface area contributed by atoms with Crippen molar-refractivity contribution in [3.8, 4) is 0 Å². The van der Waals surface area contributed by atoms with Gasteiger partial charge in [-0.05, 0) is 0 Å². The lowest BCUT2D eigenvalue weighted by Gasteiger charge is -2.30. The van der Waals surface area contributed by atoms with Crippen molar-refractivity contribution in [1.29, 1.82) is 0 Å². The second-order valence-electron chi connectivity index (χ2n) is 3.70. The molecule has 1 unspecified atom stereocenters. The molecule has 0 aromatic carbocycles. The summed E-state index contributed by atoms with van der Waals surface area (Å²) in [4.78, 5) is 24.5. The molecular formula is C10H17NO3. The molecule has 1 fully saturated rings. The molecule has 14 heavy (non-hydrogen) atoms. The average Bonchev–Trinajstić information content (AvgIpc) is 2.18. The molecule has 1 rings (SSSR count). The van der Waals surface area contributed by atoms with E-state index in [2.05, 4.69) is 0 Å². The van der Waals surface area contributed by atoms with Crippen LogP contribution in [0.4, 0.5) is 0 Å². The Morgan fingerprint density at radius 1 is 1.64 bits per heavy atom. The number of amides is 1. The van der Waals surface area contributed by atoms with E-state index in [-0.39, 0.29) is 17.6 Å². The summed E-state index contributed by atoms with van der Waals surface area (Å²) in [5.41, 5.74) is 0. The molecule has 4 heteroatoms. The predicted molar refractivity (Wildman–Crippen MR) is 51.9 cm³/mol. The van der Waals surface area contributed by atoms with Crippen LogP contribution in [0.5, 0.6) is 0 Å². The van der Waals surface area contributed by atoms with Gasteiger partial charge in [0.05, 0.1) is 13.0 Å². The fourth-order valence-electron chi connectivity index (χ4n) is 1.59. The number of hydrogen-bond donors (Lipinski definition) is 0. The second-order valence-corrected chi connectivity index (χ2v) is 3.70. The highest BCUT2D eigenvalue weighted by atomic mass is 16.5. The summed E-state index contributed by atoms with van der Waals surface area (Å²) in [6, 6.07) is 0. The Bertz CT molecular complexity index is 227. The molecule has 0 aliphatic carbocycles. The highest BCUT2D eigenvalue weighted by Crippen LogP contribution is 2.12. The molecule has 1 amide bonds. The number of rotatable bonds is 3. The van der Waals surface area contributed by atoms with Crippen molar-refractivity contribution in [2.24, 2.45) is 5.92 Å². The van der Waals surface area contributed by atoms with E-state index in [0.717, 1.165) is 0 Å². The van der Waals surface area contributed by atoms with Gasteiger partial charge in [-0.3, -0.25) is 9.59 Å². The van der Waals surface area contributed by atoms with Crippen molar-refractivity contribution in [3.63, 3.8) is 0 Å². The van der Waals surface area contributed by atoms with Gasteiger partial charge in [-0.2, -0.15) is 0 Å².